The summed E-state index contributed by atoms with van der Waals surface area (Å²) >= 11 is 0. The maximum absolute atomic E-state index is 14.4. The standard InChI is InChI=1S/C34H44FN5O3/c1-23-18-36-19-30-31(23)26(22-40(30)29-7-6-27(35)17-28(29)32(41)38-11-4-5-12-38)16-25-8-13-37(21-25)20-24-9-14-39(15-10-24)33(42)34(2,3)43/h6-7,17-19,22,24-25,43H,4-5,8-16,20-21H2,1-3H3/t25-/m0/s1. The van der Waals surface area contributed by atoms with Crippen LogP contribution in [0.2, 0.25) is 0 Å². The molecule has 5 heterocycles. The molecule has 0 spiro atoms. The van der Waals surface area contributed by atoms with Crippen molar-refractivity contribution in [2.45, 2.75) is 64.9 Å². The molecule has 2 aromatic heterocycles. The SMILES string of the molecule is Cc1cncc2c1c(C[C@@H]1CCN(CC3CCN(C(=O)C(C)(C)O)CC3)C1)cn2-c1ccc(F)cc1C(=O)N1CCCC1. The maximum Gasteiger partial charge on any atom is 0.256 e. The number of aryl methyl sites for hydroxylation is 1. The molecule has 3 aromatic rings. The zero-order valence-electron chi connectivity index (χ0n) is 25.7. The number of halogens is 1. The van der Waals surface area contributed by atoms with Gasteiger partial charge in [0, 0.05) is 57.0 Å². The van der Waals surface area contributed by atoms with E-state index in [9.17, 15) is 19.1 Å². The van der Waals surface area contributed by atoms with Crippen molar-refractivity contribution in [1.29, 1.82) is 0 Å². The third-order valence-corrected chi connectivity index (χ3v) is 9.64. The number of fused-ring (bicyclic) bond motifs is 1. The summed E-state index contributed by atoms with van der Waals surface area (Å²) in [5.74, 6) is 0.382. The van der Waals surface area contributed by atoms with Crippen molar-refractivity contribution in [2.75, 3.05) is 45.8 Å². The van der Waals surface area contributed by atoms with Crippen LogP contribution in [0.25, 0.3) is 16.6 Å². The van der Waals surface area contributed by atoms with Gasteiger partial charge in [0.15, 0.2) is 0 Å². The summed E-state index contributed by atoms with van der Waals surface area (Å²) in [6.45, 7) is 11.2. The molecule has 3 fully saturated rings. The molecule has 1 atom stereocenters. The lowest BCUT2D eigenvalue weighted by atomic mass is 9.94. The first-order valence-corrected chi connectivity index (χ1v) is 15.9. The summed E-state index contributed by atoms with van der Waals surface area (Å²) in [4.78, 5) is 36.6. The number of nitrogens with zero attached hydrogens (tertiary/aromatic N) is 5. The summed E-state index contributed by atoms with van der Waals surface area (Å²) < 4.78 is 16.5. The van der Waals surface area contributed by atoms with E-state index in [1.807, 2.05) is 26.8 Å². The molecule has 6 rings (SSSR count). The predicted molar refractivity (Wildman–Crippen MR) is 165 cm³/mol. The number of carbonyl (C=O) groups is 2. The first kappa shape index (κ1) is 29.8. The Bertz CT molecular complexity index is 1500. The number of rotatable bonds is 7. The topological polar surface area (TPSA) is 81.9 Å². The highest BCUT2D eigenvalue weighted by Gasteiger charge is 2.33. The quantitative estimate of drug-likeness (QED) is 0.436. The Morgan fingerprint density at radius 2 is 1.72 bits per heavy atom. The van der Waals surface area contributed by atoms with Gasteiger partial charge in [-0.3, -0.25) is 14.6 Å². The smallest absolute Gasteiger partial charge is 0.256 e. The van der Waals surface area contributed by atoms with Crippen molar-refractivity contribution in [3.63, 3.8) is 0 Å². The fourth-order valence-electron chi connectivity index (χ4n) is 7.40. The second-order valence-corrected chi connectivity index (χ2v) is 13.4. The molecular weight excluding hydrogens is 545 g/mol. The number of piperidine rings is 1. The average Bonchev–Trinajstić information content (AvgIpc) is 3.74. The molecule has 3 aliphatic rings. The zero-order chi connectivity index (χ0) is 30.3. The average molecular weight is 590 g/mol. The number of aromatic nitrogens is 2. The van der Waals surface area contributed by atoms with E-state index in [4.69, 9.17) is 0 Å². The number of likely N-dealkylation sites (tertiary alicyclic amines) is 3. The highest BCUT2D eigenvalue weighted by atomic mass is 19.1. The van der Waals surface area contributed by atoms with Crippen molar-refractivity contribution >= 4 is 22.7 Å². The van der Waals surface area contributed by atoms with E-state index in [1.54, 1.807) is 19.9 Å². The van der Waals surface area contributed by atoms with Gasteiger partial charge in [0.2, 0.25) is 0 Å². The maximum atomic E-state index is 14.4. The largest absolute Gasteiger partial charge is 0.381 e. The van der Waals surface area contributed by atoms with E-state index in [0.29, 0.717) is 49.3 Å². The van der Waals surface area contributed by atoms with Crippen molar-refractivity contribution in [3.05, 3.63) is 59.3 Å². The van der Waals surface area contributed by atoms with Crippen LogP contribution in [0.15, 0.2) is 36.8 Å². The lowest BCUT2D eigenvalue weighted by molar-refractivity contribution is -0.149. The van der Waals surface area contributed by atoms with Crippen molar-refractivity contribution < 1.29 is 19.1 Å². The Kier molecular flexibility index (Phi) is 8.31. The van der Waals surface area contributed by atoms with E-state index in [1.165, 1.54) is 23.1 Å². The van der Waals surface area contributed by atoms with Gasteiger partial charge < -0.3 is 24.4 Å². The van der Waals surface area contributed by atoms with Crippen LogP contribution in [0.4, 0.5) is 4.39 Å². The molecular formula is C34H44FN5O3. The van der Waals surface area contributed by atoms with Gasteiger partial charge in [-0.2, -0.15) is 0 Å². The van der Waals surface area contributed by atoms with Gasteiger partial charge in [-0.05, 0) is 107 Å². The van der Waals surface area contributed by atoms with Crippen LogP contribution in [0, 0.1) is 24.6 Å². The number of hydrogen-bond acceptors (Lipinski definition) is 5. The molecule has 0 saturated carbocycles. The van der Waals surface area contributed by atoms with Crippen LogP contribution in [0.1, 0.15) is 67.4 Å². The molecule has 230 valence electrons. The molecule has 2 amide bonds. The Hall–Kier alpha value is -3.30. The molecule has 43 heavy (non-hydrogen) atoms. The minimum atomic E-state index is -1.31. The van der Waals surface area contributed by atoms with Gasteiger partial charge in [0.05, 0.1) is 23.0 Å². The third kappa shape index (κ3) is 6.20. The lowest BCUT2D eigenvalue weighted by Gasteiger charge is -2.36. The highest BCUT2D eigenvalue weighted by molar-refractivity contribution is 5.99. The van der Waals surface area contributed by atoms with Crippen LogP contribution in [0.5, 0.6) is 0 Å². The zero-order valence-corrected chi connectivity index (χ0v) is 25.7. The molecule has 0 bridgehead atoms. The van der Waals surface area contributed by atoms with Gasteiger partial charge >= 0.3 is 0 Å². The molecule has 9 heteroatoms. The van der Waals surface area contributed by atoms with Gasteiger partial charge in [0.25, 0.3) is 11.8 Å². The van der Waals surface area contributed by atoms with Gasteiger partial charge in [-0.25, -0.2) is 4.39 Å². The molecule has 1 aromatic carbocycles. The van der Waals surface area contributed by atoms with Crippen LogP contribution < -0.4 is 0 Å². The van der Waals surface area contributed by atoms with Crippen LogP contribution in [0.3, 0.4) is 0 Å². The van der Waals surface area contributed by atoms with Gasteiger partial charge in [-0.1, -0.05) is 0 Å². The first-order chi connectivity index (χ1) is 20.6. The third-order valence-electron chi connectivity index (χ3n) is 9.64. The van der Waals surface area contributed by atoms with Gasteiger partial charge in [0.1, 0.15) is 11.4 Å². The molecule has 8 nitrogen and oxygen atoms in total. The number of benzene rings is 1. The second kappa shape index (κ2) is 12.0. The Labute approximate surface area is 253 Å². The van der Waals surface area contributed by atoms with E-state index in [2.05, 4.69) is 23.0 Å². The number of pyridine rings is 1. The predicted octanol–water partition coefficient (Wildman–Crippen LogP) is 4.58. The summed E-state index contributed by atoms with van der Waals surface area (Å²) in [7, 11) is 0. The van der Waals surface area contributed by atoms with E-state index < -0.39 is 11.4 Å². The summed E-state index contributed by atoms with van der Waals surface area (Å²) in [6.07, 6.45) is 11.9. The number of carbonyl (C=O) groups excluding carboxylic acids is 2. The molecule has 3 aliphatic heterocycles. The lowest BCUT2D eigenvalue weighted by Crippen LogP contribution is -2.49. The molecule has 0 radical (unpaired) electrons. The molecule has 1 N–H and O–H groups in total. The minimum absolute atomic E-state index is 0.113. The summed E-state index contributed by atoms with van der Waals surface area (Å²) in [5, 5.41) is 11.3. The van der Waals surface area contributed by atoms with E-state index >= 15 is 0 Å². The van der Waals surface area contributed by atoms with Gasteiger partial charge in [-0.15, -0.1) is 0 Å². The fourth-order valence-corrected chi connectivity index (χ4v) is 7.40. The highest BCUT2D eigenvalue weighted by Crippen LogP contribution is 2.33. The minimum Gasteiger partial charge on any atom is -0.381 e. The van der Waals surface area contributed by atoms with E-state index in [-0.39, 0.29) is 11.8 Å². The Morgan fingerprint density at radius 3 is 2.44 bits per heavy atom. The van der Waals surface area contributed by atoms with Crippen LogP contribution >= 0.6 is 0 Å². The number of amides is 2. The summed E-state index contributed by atoms with van der Waals surface area (Å²) in [6, 6.07) is 4.54. The van der Waals surface area contributed by atoms with Crippen molar-refractivity contribution in [1.82, 2.24) is 24.3 Å². The Morgan fingerprint density at radius 1 is 1.00 bits per heavy atom. The van der Waals surface area contributed by atoms with Crippen LogP contribution in [-0.2, 0) is 11.2 Å². The molecule has 3 saturated heterocycles. The molecule has 0 aliphatic carbocycles. The fraction of sp³-hybridized carbons (Fsp3) is 0.559. The van der Waals surface area contributed by atoms with Crippen molar-refractivity contribution in [2.24, 2.45) is 11.8 Å². The number of hydrogen-bond donors (Lipinski definition) is 1. The van der Waals surface area contributed by atoms with E-state index in [0.717, 1.165) is 69.2 Å². The first-order valence-electron chi connectivity index (χ1n) is 15.9. The normalized spacial score (nSPS) is 20.4. The Balaban J connectivity index is 1.17. The monoisotopic (exact) mass is 589 g/mol. The summed E-state index contributed by atoms with van der Waals surface area (Å²) in [5.41, 5.74) is 3.07. The van der Waals surface area contributed by atoms with Crippen LogP contribution in [-0.4, -0.2) is 92.6 Å². The molecule has 0 unspecified atom stereocenters. The number of aliphatic hydroxyl groups is 1. The van der Waals surface area contributed by atoms with Crippen molar-refractivity contribution in [3.8, 4) is 5.69 Å². The second-order valence-electron chi connectivity index (χ2n) is 13.4.